The summed E-state index contributed by atoms with van der Waals surface area (Å²) >= 11 is 3.89. The van der Waals surface area contributed by atoms with Crippen molar-refractivity contribution in [2.24, 2.45) is 5.73 Å². The molecule has 0 fully saturated rings. The van der Waals surface area contributed by atoms with Gasteiger partial charge in [0.15, 0.2) is 33.6 Å². The summed E-state index contributed by atoms with van der Waals surface area (Å²) < 4.78 is 14.2. The Morgan fingerprint density at radius 3 is 2.69 bits per heavy atom. The highest BCUT2D eigenvalue weighted by molar-refractivity contribution is 14.1. The van der Waals surface area contributed by atoms with E-state index in [1.165, 1.54) is 25.6 Å². The highest BCUT2D eigenvalue weighted by atomic mass is 127. The third-order valence-electron chi connectivity index (χ3n) is 5.20. The van der Waals surface area contributed by atoms with E-state index in [4.69, 9.17) is 25.9 Å². The first-order valence-electron chi connectivity index (χ1n) is 10.8. The van der Waals surface area contributed by atoms with Crippen LogP contribution in [0.25, 0.3) is 11.2 Å². The SMILES string of the molecule is NCCCCCCNCCCn1c(Sc2cc3c(cc2I)OCO3)nc2c(N)ncnc21. The normalized spacial score (nSPS) is 12.7. The molecular formula is C21H28IN7O2S. The van der Waals surface area contributed by atoms with Gasteiger partial charge in [0, 0.05) is 15.0 Å². The first kappa shape index (κ1) is 23.3. The van der Waals surface area contributed by atoms with Gasteiger partial charge in [-0.05, 0) is 73.6 Å². The smallest absolute Gasteiger partial charge is 0.231 e. The van der Waals surface area contributed by atoms with E-state index < -0.39 is 0 Å². The number of imidazole rings is 1. The van der Waals surface area contributed by atoms with Gasteiger partial charge >= 0.3 is 0 Å². The molecule has 0 spiro atoms. The lowest BCUT2D eigenvalue weighted by molar-refractivity contribution is 0.174. The minimum absolute atomic E-state index is 0.254. The van der Waals surface area contributed by atoms with Gasteiger partial charge in [-0.15, -0.1) is 0 Å². The maximum Gasteiger partial charge on any atom is 0.231 e. The van der Waals surface area contributed by atoms with Gasteiger partial charge in [-0.2, -0.15) is 0 Å². The quantitative estimate of drug-likeness (QED) is 0.222. The number of nitrogens with two attached hydrogens (primary N) is 2. The largest absolute Gasteiger partial charge is 0.454 e. The summed E-state index contributed by atoms with van der Waals surface area (Å²) in [5.41, 5.74) is 13.0. The second kappa shape index (κ2) is 11.3. The van der Waals surface area contributed by atoms with Crippen molar-refractivity contribution < 1.29 is 9.47 Å². The highest BCUT2D eigenvalue weighted by Gasteiger charge is 2.20. The average Bonchev–Trinajstić information content (AvgIpc) is 3.38. The molecule has 2 aromatic heterocycles. The Kier molecular flexibility index (Phi) is 8.27. The van der Waals surface area contributed by atoms with E-state index >= 15 is 0 Å². The fourth-order valence-electron chi connectivity index (χ4n) is 3.52. The van der Waals surface area contributed by atoms with Crippen LogP contribution in [-0.4, -0.2) is 45.9 Å². The molecule has 3 aromatic rings. The molecule has 11 heteroatoms. The van der Waals surface area contributed by atoms with E-state index in [0.717, 1.165) is 69.8 Å². The number of fused-ring (bicyclic) bond motifs is 2. The molecule has 0 atom stereocenters. The van der Waals surface area contributed by atoms with Crippen molar-refractivity contribution in [2.75, 3.05) is 32.2 Å². The zero-order valence-corrected chi connectivity index (χ0v) is 20.8. The molecular weight excluding hydrogens is 541 g/mol. The van der Waals surface area contributed by atoms with Crippen molar-refractivity contribution in [3.8, 4) is 11.5 Å². The Morgan fingerprint density at radius 1 is 1.06 bits per heavy atom. The molecule has 0 bridgehead atoms. The van der Waals surface area contributed by atoms with Crippen LogP contribution in [0.5, 0.6) is 11.5 Å². The number of nitrogens with one attached hydrogen (secondary N) is 1. The van der Waals surface area contributed by atoms with Crippen molar-refractivity contribution in [2.45, 2.75) is 48.7 Å². The summed E-state index contributed by atoms with van der Waals surface area (Å²) in [5, 5.41) is 4.37. The van der Waals surface area contributed by atoms with Crippen LogP contribution < -0.4 is 26.3 Å². The zero-order valence-electron chi connectivity index (χ0n) is 17.8. The molecule has 9 nitrogen and oxygen atoms in total. The molecule has 1 aromatic carbocycles. The molecule has 1 aliphatic rings. The second-order valence-corrected chi connectivity index (χ2v) is 9.69. The second-order valence-electron chi connectivity index (χ2n) is 7.52. The molecule has 0 unspecified atom stereocenters. The fraction of sp³-hybridized carbons (Fsp3) is 0.476. The maximum atomic E-state index is 6.09. The minimum atomic E-state index is 0.254. The van der Waals surface area contributed by atoms with Gasteiger partial charge in [-0.1, -0.05) is 24.6 Å². The molecule has 1 aliphatic heterocycles. The summed E-state index contributed by atoms with van der Waals surface area (Å²) in [6.45, 7) is 3.79. The molecule has 3 heterocycles. The number of benzene rings is 1. The summed E-state index contributed by atoms with van der Waals surface area (Å²) in [6, 6.07) is 3.99. The first-order valence-corrected chi connectivity index (χ1v) is 12.7. The zero-order chi connectivity index (χ0) is 22.3. The molecule has 0 saturated heterocycles. The van der Waals surface area contributed by atoms with Gasteiger partial charge < -0.3 is 30.8 Å². The molecule has 0 saturated carbocycles. The molecule has 5 N–H and O–H groups in total. The number of nitrogen functional groups attached to an aromatic ring is 1. The fourth-order valence-corrected chi connectivity index (χ4v) is 5.24. The van der Waals surface area contributed by atoms with Crippen molar-refractivity contribution in [1.29, 1.82) is 0 Å². The number of nitrogens with zero attached hydrogens (tertiary/aromatic N) is 4. The Bertz CT molecular complexity index is 1060. The van der Waals surface area contributed by atoms with Crippen LogP contribution in [0.3, 0.4) is 0 Å². The Morgan fingerprint density at radius 2 is 1.84 bits per heavy atom. The number of rotatable bonds is 12. The van der Waals surface area contributed by atoms with E-state index in [-0.39, 0.29) is 6.79 Å². The number of ether oxygens (including phenoxy) is 2. The number of hydrogen-bond donors (Lipinski definition) is 3. The average molecular weight is 569 g/mol. The maximum absolute atomic E-state index is 6.09. The van der Waals surface area contributed by atoms with Gasteiger partial charge in [0.1, 0.15) is 6.33 Å². The molecule has 172 valence electrons. The number of hydrogen-bond acceptors (Lipinski definition) is 9. The van der Waals surface area contributed by atoms with E-state index in [0.29, 0.717) is 11.3 Å². The number of anilines is 1. The van der Waals surface area contributed by atoms with Crippen LogP contribution in [-0.2, 0) is 6.54 Å². The standard InChI is InChI=1S/C21H28IN7O2S/c22-14-10-15-16(31-13-30-15)11-17(14)32-21-28-18-19(24)26-12-27-20(18)29(21)9-5-8-25-7-4-2-1-3-6-23/h10-12,25H,1-9,13,23H2,(H2,24,26,27). The highest BCUT2D eigenvalue weighted by Crippen LogP contribution is 2.41. The number of aromatic nitrogens is 4. The monoisotopic (exact) mass is 569 g/mol. The van der Waals surface area contributed by atoms with Crippen molar-refractivity contribution in [3.05, 3.63) is 22.0 Å². The van der Waals surface area contributed by atoms with Gasteiger partial charge in [0.05, 0.1) is 0 Å². The van der Waals surface area contributed by atoms with E-state index in [2.05, 4.69) is 42.4 Å². The third kappa shape index (κ3) is 5.56. The molecule has 0 amide bonds. The first-order chi connectivity index (χ1) is 15.7. The van der Waals surface area contributed by atoms with Crippen LogP contribution >= 0.6 is 34.4 Å². The van der Waals surface area contributed by atoms with Crippen LogP contribution in [0.1, 0.15) is 32.1 Å². The van der Waals surface area contributed by atoms with Crippen LogP contribution in [0.4, 0.5) is 5.82 Å². The van der Waals surface area contributed by atoms with Crippen LogP contribution in [0, 0.1) is 3.57 Å². The van der Waals surface area contributed by atoms with Crippen molar-refractivity contribution in [3.63, 3.8) is 0 Å². The lowest BCUT2D eigenvalue weighted by Gasteiger charge is -2.10. The summed E-state index contributed by atoms with van der Waals surface area (Å²) in [7, 11) is 0. The predicted molar refractivity (Wildman–Crippen MR) is 134 cm³/mol. The minimum Gasteiger partial charge on any atom is -0.454 e. The molecule has 32 heavy (non-hydrogen) atoms. The summed E-state index contributed by atoms with van der Waals surface area (Å²) in [6.07, 6.45) is 7.18. The topological polar surface area (TPSA) is 126 Å². The Hall–Kier alpha value is -1.83. The number of aryl methyl sites for hydroxylation is 1. The van der Waals surface area contributed by atoms with Gasteiger partial charge in [0.2, 0.25) is 6.79 Å². The lowest BCUT2D eigenvalue weighted by atomic mass is 10.2. The third-order valence-corrected chi connectivity index (χ3v) is 7.51. The van der Waals surface area contributed by atoms with Crippen molar-refractivity contribution >= 4 is 51.3 Å². The van der Waals surface area contributed by atoms with Crippen LogP contribution in [0.2, 0.25) is 0 Å². The predicted octanol–water partition coefficient (Wildman–Crippen LogP) is 3.39. The van der Waals surface area contributed by atoms with Gasteiger partial charge in [0.25, 0.3) is 0 Å². The Labute approximate surface area is 205 Å². The number of unbranched alkanes of at least 4 members (excludes halogenated alkanes) is 3. The van der Waals surface area contributed by atoms with E-state index in [9.17, 15) is 0 Å². The van der Waals surface area contributed by atoms with Crippen molar-refractivity contribution in [1.82, 2.24) is 24.8 Å². The Balaban J connectivity index is 1.44. The van der Waals surface area contributed by atoms with Gasteiger partial charge in [-0.3, -0.25) is 0 Å². The number of halogens is 1. The lowest BCUT2D eigenvalue weighted by Crippen LogP contribution is -2.18. The summed E-state index contributed by atoms with van der Waals surface area (Å²) in [4.78, 5) is 14.4. The van der Waals surface area contributed by atoms with E-state index in [1.54, 1.807) is 11.8 Å². The molecule has 4 rings (SSSR count). The van der Waals surface area contributed by atoms with E-state index in [1.807, 2.05) is 12.1 Å². The van der Waals surface area contributed by atoms with Gasteiger partial charge in [-0.25, -0.2) is 15.0 Å². The van der Waals surface area contributed by atoms with Crippen LogP contribution in [0.15, 0.2) is 28.5 Å². The summed E-state index contributed by atoms with van der Waals surface area (Å²) in [5.74, 6) is 1.92. The molecule has 0 radical (unpaired) electrons. The molecule has 0 aliphatic carbocycles.